The maximum Gasteiger partial charge on any atom is 0.329 e. The minimum atomic E-state index is -1.03. The van der Waals surface area contributed by atoms with Crippen LogP contribution in [0.5, 0.6) is 5.75 Å². The van der Waals surface area contributed by atoms with Crippen molar-refractivity contribution in [1.29, 1.82) is 0 Å². The molecule has 2 aliphatic rings. The number of ether oxygens (including phenoxy) is 2. The average molecular weight is 459 g/mol. The molecule has 0 bridgehead atoms. The van der Waals surface area contributed by atoms with Gasteiger partial charge in [0.05, 0.1) is 11.9 Å². The van der Waals surface area contributed by atoms with Crippen LogP contribution >= 0.6 is 27.5 Å². The Hall–Kier alpha value is -1.27. The average Bonchev–Trinajstić information content (AvgIpc) is 3.17. The molecule has 0 aliphatic carbocycles. The van der Waals surface area contributed by atoms with Crippen molar-refractivity contribution in [3.8, 4) is 5.75 Å². The van der Waals surface area contributed by atoms with Crippen molar-refractivity contribution in [2.45, 2.75) is 56.6 Å². The van der Waals surface area contributed by atoms with E-state index >= 15 is 0 Å². The monoisotopic (exact) mass is 457 g/mol. The number of amides is 1. The summed E-state index contributed by atoms with van der Waals surface area (Å²) >= 11 is 9.25. The highest BCUT2D eigenvalue weighted by Crippen LogP contribution is 2.35. The summed E-state index contributed by atoms with van der Waals surface area (Å²) < 4.78 is 11.3. The van der Waals surface area contributed by atoms with Gasteiger partial charge in [0.1, 0.15) is 11.8 Å². The number of fused-ring (bicyclic) bond motifs is 1. The maximum absolute atomic E-state index is 12.8. The van der Waals surface area contributed by atoms with E-state index in [0.29, 0.717) is 29.9 Å². The van der Waals surface area contributed by atoms with Crippen LogP contribution in [-0.2, 0) is 14.3 Å². The quantitative estimate of drug-likeness (QED) is 0.314. The highest BCUT2D eigenvalue weighted by molar-refractivity contribution is 9.09. The van der Waals surface area contributed by atoms with Crippen LogP contribution in [0, 0.1) is 0 Å². The molecule has 3 rings (SSSR count). The Balaban J connectivity index is 1.39. The van der Waals surface area contributed by atoms with E-state index in [9.17, 15) is 9.59 Å². The lowest BCUT2D eigenvalue weighted by Gasteiger charge is -2.41. The largest absolute Gasteiger partial charge is 0.494 e. The van der Waals surface area contributed by atoms with Crippen molar-refractivity contribution in [2.24, 2.45) is 0 Å². The smallest absolute Gasteiger partial charge is 0.329 e. The van der Waals surface area contributed by atoms with E-state index in [1.165, 1.54) is 0 Å². The summed E-state index contributed by atoms with van der Waals surface area (Å²) in [6, 6.07) is 6.97. The third-order valence-corrected chi connectivity index (χ3v) is 6.40. The van der Waals surface area contributed by atoms with E-state index in [1.54, 1.807) is 4.90 Å². The third-order valence-electron chi connectivity index (χ3n) is 5.24. The molecule has 2 saturated heterocycles. The summed E-state index contributed by atoms with van der Waals surface area (Å²) in [7, 11) is 0. The summed E-state index contributed by atoms with van der Waals surface area (Å²) in [6.45, 7) is 1.31. The van der Waals surface area contributed by atoms with E-state index in [4.69, 9.17) is 21.1 Å². The van der Waals surface area contributed by atoms with Crippen molar-refractivity contribution in [2.75, 3.05) is 18.5 Å². The van der Waals surface area contributed by atoms with Gasteiger partial charge in [-0.25, -0.2) is 4.79 Å². The van der Waals surface area contributed by atoms with Crippen molar-refractivity contribution >= 4 is 39.4 Å². The second-order valence-electron chi connectivity index (χ2n) is 7.17. The first-order valence-electron chi connectivity index (χ1n) is 9.54. The van der Waals surface area contributed by atoms with Gasteiger partial charge in [0.15, 0.2) is 5.60 Å². The summed E-state index contributed by atoms with van der Waals surface area (Å²) in [5.74, 6) is 0.535. The fourth-order valence-corrected chi connectivity index (χ4v) is 4.48. The van der Waals surface area contributed by atoms with Crippen molar-refractivity contribution in [3.63, 3.8) is 0 Å². The first kappa shape index (κ1) is 20.5. The number of rotatable bonds is 9. The van der Waals surface area contributed by atoms with Gasteiger partial charge in [0.2, 0.25) is 0 Å². The standard InChI is InChI=1S/C20H25BrClNO4/c21-14-20(19(25)23-12-5-6-17(23)18(24)27-20)11-3-1-2-4-13-26-16-9-7-15(22)8-10-16/h7-10,17H,1-6,11-14H2/t17-,20+/m1/s1. The van der Waals surface area contributed by atoms with Crippen LogP contribution in [0.4, 0.5) is 0 Å². The summed E-state index contributed by atoms with van der Waals surface area (Å²) in [4.78, 5) is 26.8. The predicted octanol–water partition coefficient (Wildman–Crippen LogP) is 4.35. The third kappa shape index (κ3) is 4.77. The zero-order valence-electron chi connectivity index (χ0n) is 15.3. The number of carbonyl (C=O) groups is 2. The van der Waals surface area contributed by atoms with Crippen molar-refractivity contribution < 1.29 is 19.1 Å². The molecule has 1 amide bonds. The van der Waals surface area contributed by atoms with Crippen LogP contribution in [0.25, 0.3) is 0 Å². The van der Waals surface area contributed by atoms with Gasteiger partial charge in [0, 0.05) is 11.6 Å². The Bertz CT molecular complexity index is 668. The second kappa shape index (κ2) is 9.28. The molecule has 2 heterocycles. The Kier molecular flexibility index (Phi) is 7.04. The molecule has 27 heavy (non-hydrogen) atoms. The number of alkyl halides is 1. The first-order chi connectivity index (χ1) is 13.1. The van der Waals surface area contributed by atoms with Crippen LogP contribution < -0.4 is 4.74 Å². The Morgan fingerprint density at radius 2 is 1.93 bits per heavy atom. The predicted molar refractivity (Wildman–Crippen MR) is 107 cm³/mol. The van der Waals surface area contributed by atoms with Gasteiger partial charge >= 0.3 is 5.97 Å². The molecule has 0 N–H and O–H groups in total. The molecule has 0 unspecified atom stereocenters. The lowest BCUT2D eigenvalue weighted by atomic mass is 9.93. The molecule has 5 nitrogen and oxygen atoms in total. The summed E-state index contributed by atoms with van der Waals surface area (Å²) in [5, 5.41) is 1.05. The topological polar surface area (TPSA) is 55.8 Å². The van der Waals surface area contributed by atoms with Gasteiger partial charge in [-0.3, -0.25) is 4.79 Å². The van der Waals surface area contributed by atoms with E-state index in [2.05, 4.69) is 15.9 Å². The molecule has 148 valence electrons. The summed E-state index contributed by atoms with van der Waals surface area (Å²) in [6.07, 6.45) is 5.89. The van der Waals surface area contributed by atoms with Gasteiger partial charge in [-0.2, -0.15) is 0 Å². The normalized spacial score (nSPS) is 24.7. The molecule has 1 aromatic rings. The highest BCUT2D eigenvalue weighted by atomic mass is 79.9. The number of nitrogens with zero attached hydrogens (tertiary/aromatic N) is 1. The number of hydrogen-bond acceptors (Lipinski definition) is 4. The fourth-order valence-electron chi connectivity index (χ4n) is 3.72. The maximum atomic E-state index is 12.8. The van der Waals surface area contributed by atoms with Gasteiger partial charge in [0.25, 0.3) is 5.91 Å². The minimum absolute atomic E-state index is 0.0347. The zero-order chi connectivity index (χ0) is 19.3. The minimum Gasteiger partial charge on any atom is -0.494 e. The molecule has 0 spiro atoms. The van der Waals surface area contributed by atoms with Gasteiger partial charge in [-0.15, -0.1) is 0 Å². The van der Waals surface area contributed by atoms with Crippen molar-refractivity contribution in [3.05, 3.63) is 29.3 Å². The Labute approximate surface area is 173 Å². The van der Waals surface area contributed by atoms with Gasteiger partial charge < -0.3 is 14.4 Å². The Morgan fingerprint density at radius 3 is 2.67 bits per heavy atom. The molecule has 0 radical (unpaired) electrons. The molecule has 2 aliphatic heterocycles. The number of unbranched alkanes of at least 4 members (excludes halogenated alkanes) is 3. The number of hydrogen-bond donors (Lipinski definition) is 0. The van der Waals surface area contributed by atoms with Crippen LogP contribution in [0.1, 0.15) is 44.9 Å². The number of halogens is 2. The van der Waals surface area contributed by atoms with Crippen LogP contribution in [0.2, 0.25) is 5.02 Å². The SMILES string of the molecule is O=C1O[C@](CBr)(CCCCCCOc2ccc(Cl)cc2)C(=O)N2CCC[C@H]12. The molecule has 0 aromatic heterocycles. The van der Waals surface area contributed by atoms with Crippen LogP contribution in [-0.4, -0.2) is 46.9 Å². The van der Waals surface area contributed by atoms with Crippen LogP contribution in [0.3, 0.4) is 0 Å². The zero-order valence-corrected chi connectivity index (χ0v) is 17.6. The number of benzene rings is 1. The lowest BCUT2D eigenvalue weighted by Crippen LogP contribution is -2.61. The van der Waals surface area contributed by atoms with Crippen LogP contribution in [0.15, 0.2) is 24.3 Å². The van der Waals surface area contributed by atoms with E-state index in [-0.39, 0.29) is 17.9 Å². The molecule has 2 fully saturated rings. The van der Waals surface area contributed by atoms with Gasteiger partial charge in [-0.05, 0) is 56.4 Å². The molecular formula is C20H25BrClNO4. The molecule has 2 atom stereocenters. The lowest BCUT2D eigenvalue weighted by molar-refractivity contribution is -0.188. The Morgan fingerprint density at radius 1 is 1.19 bits per heavy atom. The molecule has 7 heteroatoms. The number of morpholine rings is 1. The molecule has 0 saturated carbocycles. The summed E-state index contributed by atoms with van der Waals surface area (Å²) in [5.41, 5.74) is -1.03. The number of carbonyl (C=O) groups excluding carboxylic acids is 2. The second-order valence-corrected chi connectivity index (χ2v) is 8.17. The van der Waals surface area contributed by atoms with Crippen molar-refractivity contribution in [1.82, 2.24) is 4.90 Å². The van der Waals surface area contributed by atoms with E-state index in [1.807, 2.05) is 24.3 Å². The fraction of sp³-hybridized carbons (Fsp3) is 0.600. The molecule has 1 aromatic carbocycles. The van der Waals surface area contributed by atoms with Gasteiger partial charge in [-0.1, -0.05) is 40.4 Å². The number of esters is 1. The molecular weight excluding hydrogens is 434 g/mol. The number of cyclic esters (lactones) is 1. The van der Waals surface area contributed by atoms with E-state index < -0.39 is 5.60 Å². The highest BCUT2D eigenvalue weighted by Gasteiger charge is 2.53. The first-order valence-corrected chi connectivity index (χ1v) is 11.0. The van der Waals surface area contributed by atoms with E-state index in [0.717, 1.165) is 44.3 Å².